The summed E-state index contributed by atoms with van der Waals surface area (Å²) in [5.74, 6) is 1.88. The van der Waals surface area contributed by atoms with Crippen LogP contribution in [0.5, 0.6) is 5.75 Å². The van der Waals surface area contributed by atoms with Crippen LogP contribution in [-0.4, -0.2) is 22.4 Å². The summed E-state index contributed by atoms with van der Waals surface area (Å²) in [7, 11) is 0. The second kappa shape index (κ2) is 8.09. The Kier molecular flexibility index (Phi) is 5.20. The van der Waals surface area contributed by atoms with Gasteiger partial charge in [0.05, 0.1) is 23.3 Å². The molecule has 140 valence electrons. The minimum Gasteiger partial charge on any atom is -0.494 e. The molecule has 0 radical (unpaired) electrons. The number of aryl methyl sites for hydroxylation is 1. The van der Waals surface area contributed by atoms with Crippen molar-refractivity contribution in [2.45, 2.75) is 20.4 Å². The number of benzene rings is 3. The van der Waals surface area contributed by atoms with E-state index in [1.165, 1.54) is 5.56 Å². The smallest absolute Gasteiger partial charge is 0.119 e. The Morgan fingerprint density at radius 3 is 2.54 bits per heavy atom. The van der Waals surface area contributed by atoms with Crippen LogP contribution in [0.15, 0.2) is 77.8 Å². The third-order valence-electron chi connectivity index (χ3n) is 4.66. The van der Waals surface area contributed by atoms with E-state index in [4.69, 9.17) is 9.72 Å². The van der Waals surface area contributed by atoms with Gasteiger partial charge < -0.3 is 9.30 Å². The molecule has 0 N–H and O–H groups in total. The molecule has 0 atom stereocenters. The van der Waals surface area contributed by atoms with Crippen LogP contribution >= 0.6 is 0 Å². The number of nitrogens with zero attached hydrogens (tertiary/aromatic N) is 3. The summed E-state index contributed by atoms with van der Waals surface area (Å²) < 4.78 is 7.71. The molecule has 4 aromatic rings. The van der Waals surface area contributed by atoms with Gasteiger partial charge in [-0.25, -0.2) is 4.98 Å². The van der Waals surface area contributed by atoms with Gasteiger partial charge in [0, 0.05) is 12.8 Å². The predicted octanol–water partition coefficient (Wildman–Crippen LogP) is 5.54. The Morgan fingerprint density at radius 2 is 1.79 bits per heavy atom. The highest BCUT2D eigenvalue weighted by molar-refractivity contribution is 5.85. The van der Waals surface area contributed by atoms with Crippen molar-refractivity contribution in [2.24, 2.45) is 4.99 Å². The summed E-state index contributed by atoms with van der Waals surface area (Å²) in [4.78, 5) is 9.34. The van der Waals surface area contributed by atoms with Crippen LogP contribution in [0.4, 0.5) is 5.69 Å². The molecule has 0 spiro atoms. The lowest BCUT2D eigenvalue weighted by Gasteiger charge is -2.07. The van der Waals surface area contributed by atoms with E-state index in [2.05, 4.69) is 39.9 Å². The van der Waals surface area contributed by atoms with Gasteiger partial charge in [0.1, 0.15) is 11.6 Å². The van der Waals surface area contributed by atoms with Crippen LogP contribution in [0.2, 0.25) is 0 Å². The van der Waals surface area contributed by atoms with Crippen LogP contribution in [0.25, 0.3) is 11.0 Å². The largest absolute Gasteiger partial charge is 0.494 e. The van der Waals surface area contributed by atoms with Gasteiger partial charge in [0.25, 0.3) is 0 Å². The van der Waals surface area contributed by atoms with Gasteiger partial charge >= 0.3 is 0 Å². The zero-order valence-corrected chi connectivity index (χ0v) is 16.2. The van der Waals surface area contributed by atoms with Crippen molar-refractivity contribution in [2.75, 3.05) is 6.61 Å². The normalized spacial score (nSPS) is 11.4. The molecule has 28 heavy (non-hydrogen) atoms. The summed E-state index contributed by atoms with van der Waals surface area (Å²) in [6.07, 6.45) is 1.87. The Bertz CT molecular complexity index is 1100. The maximum atomic E-state index is 5.47. The lowest BCUT2D eigenvalue weighted by atomic mass is 10.2. The van der Waals surface area contributed by atoms with E-state index in [-0.39, 0.29) is 0 Å². The monoisotopic (exact) mass is 369 g/mol. The van der Waals surface area contributed by atoms with Gasteiger partial charge in [-0.1, -0.05) is 30.3 Å². The van der Waals surface area contributed by atoms with E-state index in [0.29, 0.717) is 6.61 Å². The highest BCUT2D eigenvalue weighted by Crippen LogP contribution is 2.23. The van der Waals surface area contributed by atoms with E-state index in [9.17, 15) is 0 Å². The topological polar surface area (TPSA) is 39.4 Å². The number of aromatic nitrogens is 2. The third kappa shape index (κ3) is 3.96. The minimum absolute atomic E-state index is 0.670. The minimum atomic E-state index is 0.670. The Balaban J connectivity index is 1.56. The highest BCUT2D eigenvalue weighted by Gasteiger charge is 2.08. The number of aliphatic imine (C=N–C) groups is 1. The lowest BCUT2D eigenvalue weighted by molar-refractivity contribution is 0.340. The summed E-state index contributed by atoms with van der Waals surface area (Å²) in [6.45, 7) is 5.52. The van der Waals surface area contributed by atoms with Crippen molar-refractivity contribution in [3.63, 3.8) is 0 Å². The molecule has 4 rings (SSSR count). The fraction of sp³-hybridized carbons (Fsp3) is 0.167. The predicted molar refractivity (Wildman–Crippen MR) is 115 cm³/mol. The Hall–Kier alpha value is -3.40. The summed E-state index contributed by atoms with van der Waals surface area (Å²) in [5, 5.41) is 0. The highest BCUT2D eigenvalue weighted by atomic mass is 16.5. The average molecular weight is 369 g/mol. The molecule has 0 fully saturated rings. The van der Waals surface area contributed by atoms with Crippen LogP contribution in [0, 0.1) is 6.92 Å². The van der Waals surface area contributed by atoms with E-state index in [1.54, 1.807) is 0 Å². The molecule has 0 aliphatic rings. The molecule has 1 aromatic heterocycles. The third-order valence-corrected chi connectivity index (χ3v) is 4.66. The van der Waals surface area contributed by atoms with Crippen molar-refractivity contribution < 1.29 is 4.74 Å². The molecule has 0 bridgehead atoms. The molecule has 1 heterocycles. The van der Waals surface area contributed by atoms with Gasteiger partial charge in [-0.15, -0.1) is 0 Å². The molecule has 0 aliphatic carbocycles. The first-order valence-electron chi connectivity index (χ1n) is 9.50. The SMILES string of the molecule is CCOc1ccc(C=Nc2ccc3c(c2)nc(C)n3Cc2ccccc2)cc1. The maximum Gasteiger partial charge on any atom is 0.119 e. The van der Waals surface area contributed by atoms with Crippen molar-refractivity contribution >= 4 is 22.9 Å². The average Bonchev–Trinajstić information content (AvgIpc) is 3.03. The van der Waals surface area contributed by atoms with Crippen molar-refractivity contribution in [1.29, 1.82) is 0 Å². The molecule has 0 unspecified atom stereocenters. The number of hydrogen-bond acceptors (Lipinski definition) is 3. The van der Waals surface area contributed by atoms with Crippen molar-refractivity contribution in [1.82, 2.24) is 9.55 Å². The zero-order chi connectivity index (χ0) is 19.3. The van der Waals surface area contributed by atoms with Gasteiger partial charge in [0.15, 0.2) is 0 Å². The second-order valence-corrected chi connectivity index (χ2v) is 6.66. The van der Waals surface area contributed by atoms with E-state index in [0.717, 1.165) is 40.4 Å². The van der Waals surface area contributed by atoms with E-state index < -0.39 is 0 Å². The zero-order valence-electron chi connectivity index (χ0n) is 16.2. The number of rotatable bonds is 6. The molecule has 3 aromatic carbocycles. The fourth-order valence-electron chi connectivity index (χ4n) is 3.25. The van der Waals surface area contributed by atoms with Crippen molar-refractivity contribution in [3.8, 4) is 5.75 Å². The lowest BCUT2D eigenvalue weighted by Crippen LogP contribution is -2.01. The van der Waals surface area contributed by atoms with Gasteiger partial charge in [-0.05, 0) is 67.4 Å². The maximum absolute atomic E-state index is 5.47. The summed E-state index contributed by atoms with van der Waals surface area (Å²) >= 11 is 0. The molecular formula is C24H23N3O. The number of hydrogen-bond donors (Lipinski definition) is 0. The molecule has 4 nitrogen and oxygen atoms in total. The van der Waals surface area contributed by atoms with Gasteiger partial charge in [-0.3, -0.25) is 4.99 Å². The first-order chi connectivity index (χ1) is 13.7. The molecule has 0 amide bonds. The molecule has 0 saturated heterocycles. The number of fused-ring (bicyclic) bond motifs is 1. The van der Waals surface area contributed by atoms with E-state index in [1.807, 2.05) is 62.5 Å². The van der Waals surface area contributed by atoms with E-state index >= 15 is 0 Å². The van der Waals surface area contributed by atoms with Crippen LogP contribution in [-0.2, 0) is 6.54 Å². The standard InChI is InChI=1S/C24H23N3O/c1-3-28-22-12-9-19(10-13-22)16-25-21-11-14-24-23(15-21)26-18(2)27(24)17-20-7-5-4-6-8-20/h4-16H,3,17H2,1-2H3. The Morgan fingerprint density at radius 1 is 1.00 bits per heavy atom. The van der Waals surface area contributed by atoms with Crippen LogP contribution in [0.1, 0.15) is 23.9 Å². The van der Waals surface area contributed by atoms with Gasteiger partial charge in [-0.2, -0.15) is 0 Å². The van der Waals surface area contributed by atoms with Crippen molar-refractivity contribution in [3.05, 3.63) is 89.7 Å². The second-order valence-electron chi connectivity index (χ2n) is 6.66. The van der Waals surface area contributed by atoms with Crippen LogP contribution < -0.4 is 4.74 Å². The Labute approximate surface area is 165 Å². The number of imidazole rings is 1. The first kappa shape index (κ1) is 18.0. The molecule has 0 saturated carbocycles. The first-order valence-corrected chi connectivity index (χ1v) is 9.50. The fourth-order valence-corrected chi connectivity index (χ4v) is 3.25. The molecule has 4 heteroatoms. The molecular weight excluding hydrogens is 346 g/mol. The van der Waals surface area contributed by atoms with Gasteiger partial charge in [0.2, 0.25) is 0 Å². The summed E-state index contributed by atoms with van der Waals surface area (Å²) in [5.41, 5.74) is 5.29. The quantitative estimate of drug-likeness (QED) is 0.419. The number of ether oxygens (including phenoxy) is 1. The summed E-state index contributed by atoms with van der Waals surface area (Å²) in [6, 6.07) is 24.6. The molecule has 0 aliphatic heterocycles. The van der Waals surface area contributed by atoms with Crippen LogP contribution in [0.3, 0.4) is 0 Å².